The van der Waals surface area contributed by atoms with Crippen LogP contribution in [0.2, 0.25) is 0 Å². The van der Waals surface area contributed by atoms with Gasteiger partial charge in [-0.05, 0) is 81.6 Å². The molecule has 0 aromatic rings. The fourth-order valence-electron chi connectivity index (χ4n) is 10.2. The zero-order chi connectivity index (χ0) is 29.4. The summed E-state index contributed by atoms with van der Waals surface area (Å²) in [5.74, 6) is -0.499. The molecule has 5 fully saturated rings. The summed E-state index contributed by atoms with van der Waals surface area (Å²) >= 11 is 0. The lowest BCUT2D eigenvalue weighted by atomic mass is 9.41. The van der Waals surface area contributed by atoms with E-state index in [0.717, 1.165) is 31.1 Å². The topological polar surface area (TPSA) is 141 Å². The van der Waals surface area contributed by atoms with Gasteiger partial charge in [0.15, 0.2) is 6.29 Å². The van der Waals surface area contributed by atoms with Crippen molar-refractivity contribution in [2.75, 3.05) is 20.8 Å². The minimum Gasteiger partial charge on any atom is -0.458 e. The molecule has 41 heavy (non-hydrogen) atoms. The van der Waals surface area contributed by atoms with Gasteiger partial charge in [-0.2, -0.15) is 0 Å². The first-order valence-corrected chi connectivity index (χ1v) is 15.3. The Bertz CT molecular complexity index is 1080. The maximum absolute atomic E-state index is 13.1. The fraction of sp³-hybridized carbons (Fsp3) is 0.871. The van der Waals surface area contributed by atoms with Gasteiger partial charge in [-0.1, -0.05) is 6.92 Å². The van der Waals surface area contributed by atoms with Gasteiger partial charge in [0.2, 0.25) is 0 Å². The summed E-state index contributed by atoms with van der Waals surface area (Å²) in [6, 6.07) is 0. The number of aliphatic hydroxyl groups excluding tert-OH is 1. The number of carbonyl (C=O) groups is 2. The van der Waals surface area contributed by atoms with Gasteiger partial charge in [0.1, 0.15) is 31.2 Å². The summed E-state index contributed by atoms with van der Waals surface area (Å²) in [7, 11) is 3.04. The van der Waals surface area contributed by atoms with Crippen LogP contribution in [0.1, 0.15) is 71.6 Å². The van der Waals surface area contributed by atoms with Gasteiger partial charge in [0.25, 0.3) is 0 Å². The molecule has 6 aliphatic rings. The summed E-state index contributed by atoms with van der Waals surface area (Å²) in [5.41, 5.74) is -2.66. The lowest BCUT2D eigenvalue weighted by Crippen LogP contribution is -2.69. The van der Waals surface area contributed by atoms with Gasteiger partial charge in [0.05, 0.1) is 28.8 Å². The zero-order valence-electron chi connectivity index (χ0n) is 24.6. The smallest absolute Gasteiger partial charge is 0.331 e. The Morgan fingerprint density at radius 1 is 1.00 bits per heavy atom. The Morgan fingerprint density at radius 3 is 2.39 bits per heavy atom. The monoisotopic (exact) mass is 578 g/mol. The molecule has 2 unspecified atom stereocenters. The van der Waals surface area contributed by atoms with Crippen molar-refractivity contribution >= 4 is 12.3 Å². The average Bonchev–Trinajstić information content (AvgIpc) is 3.49. The number of cyclic esters (lactones) is 1. The standard InChI is InChI=1S/C31H46O10/c1-17-24(34)25(37-3)26(38-4)27(40-17)41-19-5-10-29(16-32)21-6-9-28(2)20(18-13-23(33)39-15-18)8-12-31(28,36)22(21)7-11-30(29,35)14-19/h13,16-17,19-22,24-27,34-36H,5-12,14-15H2,1-4H3/t17-,19+,20-,21?,22?,24+,25+,26-,27+,28-,29+,30+,31+/m1/s1. The molecule has 0 amide bonds. The Kier molecular flexibility index (Phi) is 7.49. The molecule has 0 spiro atoms. The number of ether oxygens (including phenoxy) is 5. The van der Waals surface area contributed by atoms with E-state index in [-0.39, 0.29) is 36.2 Å². The molecular formula is C31H46O10. The van der Waals surface area contributed by atoms with Gasteiger partial charge >= 0.3 is 5.97 Å². The van der Waals surface area contributed by atoms with E-state index in [1.807, 2.05) is 0 Å². The van der Waals surface area contributed by atoms with Gasteiger partial charge < -0.3 is 43.8 Å². The van der Waals surface area contributed by atoms with Crippen LogP contribution >= 0.6 is 0 Å². The van der Waals surface area contributed by atoms with Gasteiger partial charge in [-0.25, -0.2) is 4.79 Å². The first-order valence-electron chi connectivity index (χ1n) is 15.3. The van der Waals surface area contributed by atoms with Crippen LogP contribution in [0.25, 0.3) is 0 Å². The number of fused-ring (bicyclic) bond motifs is 5. The summed E-state index contributed by atoms with van der Waals surface area (Å²) in [5, 5.41) is 35.2. The molecular weight excluding hydrogens is 532 g/mol. The third-order valence-corrected chi connectivity index (χ3v) is 12.5. The van der Waals surface area contributed by atoms with Crippen molar-refractivity contribution in [1.29, 1.82) is 0 Å². The SMILES string of the molecule is CO[C@H]1[C@H](O[C@H]2CC[C@]3(C=O)C4CC[C@]5(C)[C@@H](C6=CC(=O)OC6)CC[C@]5(O)C4CC[C@]3(O)C2)O[C@H](C)[C@H](O)[C@@H]1OC. The molecule has 4 aliphatic carbocycles. The van der Waals surface area contributed by atoms with E-state index in [1.54, 1.807) is 13.0 Å². The van der Waals surface area contributed by atoms with Crippen LogP contribution in [0.15, 0.2) is 11.6 Å². The van der Waals surface area contributed by atoms with E-state index >= 15 is 0 Å². The molecule has 1 saturated heterocycles. The number of hydrogen-bond donors (Lipinski definition) is 3. The van der Waals surface area contributed by atoms with Crippen molar-refractivity contribution in [2.45, 2.75) is 120 Å². The number of rotatable bonds is 6. The maximum Gasteiger partial charge on any atom is 0.331 e. The molecule has 2 aliphatic heterocycles. The minimum atomic E-state index is -1.27. The van der Waals surface area contributed by atoms with Crippen molar-refractivity contribution in [3.63, 3.8) is 0 Å². The third-order valence-electron chi connectivity index (χ3n) is 12.5. The number of aliphatic hydroxyl groups is 3. The first-order chi connectivity index (χ1) is 19.5. The van der Waals surface area contributed by atoms with Crippen molar-refractivity contribution in [1.82, 2.24) is 0 Å². The van der Waals surface area contributed by atoms with E-state index in [9.17, 15) is 24.9 Å². The number of methoxy groups -OCH3 is 2. The highest BCUT2D eigenvalue weighted by Crippen LogP contribution is 2.70. The molecule has 3 N–H and O–H groups in total. The Morgan fingerprint density at radius 2 is 1.73 bits per heavy atom. The molecule has 10 heteroatoms. The van der Waals surface area contributed by atoms with E-state index in [4.69, 9.17) is 23.7 Å². The molecule has 0 aromatic carbocycles. The highest BCUT2D eigenvalue weighted by molar-refractivity contribution is 5.85. The van der Waals surface area contributed by atoms with Crippen molar-refractivity contribution in [2.24, 2.45) is 28.6 Å². The predicted molar refractivity (Wildman–Crippen MR) is 144 cm³/mol. The number of esters is 1. The summed E-state index contributed by atoms with van der Waals surface area (Å²) < 4.78 is 28.7. The Hall–Kier alpha value is -1.40. The van der Waals surface area contributed by atoms with E-state index in [1.165, 1.54) is 14.2 Å². The van der Waals surface area contributed by atoms with Crippen molar-refractivity contribution < 1.29 is 48.6 Å². The average molecular weight is 579 g/mol. The van der Waals surface area contributed by atoms with Gasteiger partial charge in [-0.15, -0.1) is 0 Å². The lowest BCUT2D eigenvalue weighted by Gasteiger charge is -2.65. The summed E-state index contributed by atoms with van der Waals surface area (Å²) in [4.78, 5) is 24.9. The number of carbonyl (C=O) groups excluding carboxylic acids is 2. The van der Waals surface area contributed by atoms with Crippen LogP contribution in [-0.2, 0) is 33.3 Å². The van der Waals surface area contributed by atoms with Gasteiger partial charge in [-0.3, -0.25) is 0 Å². The predicted octanol–water partition coefficient (Wildman–Crippen LogP) is 2.06. The van der Waals surface area contributed by atoms with Crippen molar-refractivity contribution in [3.8, 4) is 0 Å². The minimum absolute atomic E-state index is 0.0677. The second-order valence-corrected chi connectivity index (χ2v) is 13.8. The molecule has 13 atom stereocenters. The van der Waals surface area contributed by atoms with Crippen LogP contribution in [0.5, 0.6) is 0 Å². The molecule has 10 nitrogen and oxygen atoms in total. The van der Waals surface area contributed by atoms with Crippen molar-refractivity contribution in [3.05, 3.63) is 11.6 Å². The quantitative estimate of drug-likeness (QED) is 0.244. The zero-order valence-corrected chi connectivity index (χ0v) is 24.6. The number of aldehydes is 1. The second-order valence-electron chi connectivity index (χ2n) is 13.8. The first kappa shape index (κ1) is 29.7. The molecule has 2 heterocycles. The van der Waals surface area contributed by atoms with Crippen LogP contribution in [0.4, 0.5) is 0 Å². The normalized spacial score (nSPS) is 53.1. The summed E-state index contributed by atoms with van der Waals surface area (Å²) in [6.45, 7) is 4.20. The van der Waals surface area contributed by atoms with Crippen LogP contribution in [-0.4, -0.2) is 96.4 Å². The Balaban J connectivity index is 1.22. The van der Waals surface area contributed by atoms with Crippen LogP contribution in [0.3, 0.4) is 0 Å². The molecule has 0 radical (unpaired) electrons. The van der Waals surface area contributed by atoms with Gasteiger partial charge in [0, 0.05) is 32.1 Å². The van der Waals surface area contributed by atoms with E-state index in [2.05, 4.69) is 6.92 Å². The largest absolute Gasteiger partial charge is 0.458 e. The summed E-state index contributed by atoms with van der Waals surface area (Å²) in [6.07, 6.45) is 3.93. The second kappa shape index (κ2) is 10.4. The third kappa shape index (κ3) is 4.15. The highest BCUT2D eigenvalue weighted by Gasteiger charge is 2.71. The van der Waals surface area contributed by atoms with Crippen LogP contribution in [0, 0.1) is 28.6 Å². The molecule has 6 rings (SSSR count). The van der Waals surface area contributed by atoms with E-state index < -0.39 is 52.7 Å². The van der Waals surface area contributed by atoms with Crippen LogP contribution < -0.4 is 0 Å². The maximum atomic E-state index is 13.1. The lowest BCUT2D eigenvalue weighted by molar-refractivity contribution is -0.323. The molecule has 230 valence electrons. The fourth-order valence-corrected chi connectivity index (χ4v) is 10.2. The molecule has 4 saturated carbocycles. The van der Waals surface area contributed by atoms with E-state index in [0.29, 0.717) is 38.7 Å². The molecule has 0 bridgehead atoms. The molecule has 0 aromatic heterocycles. The highest BCUT2D eigenvalue weighted by atomic mass is 16.7. The number of hydrogen-bond acceptors (Lipinski definition) is 10. The Labute approximate surface area is 241 Å².